The van der Waals surface area contributed by atoms with Gasteiger partial charge in [-0.25, -0.2) is 4.79 Å². The first-order valence-corrected chi connectivity index (χ1v) is 8.58. The molecule has 0 aromatic heterocycles. The SMILES string of the molecule is COC1(Cc2ccc(NC(=O)OC(C)(C)C)c(C)c2)CCNCC1. The van der Waals surface area contributed by atoms with Gasteiger partial charge in [-0.05, 0) is 70.8 Å². The highest BCUT2D eigenvalue weighted by molar-refractivity contribution is 5.85. The molecule has 5 heteroatoms. The van der Waals surface area contributed by atoms with Gasteiger partial charge in [0.05, 0.1) is 5.60 Å². The number of rotatable bonds is 4. The van der Waals surface area contributed by atoms with Crippen molar-refractivity contribution >= 4 is 11.8 Å². The van der Waals surface area contributed by atoms with Crippen LogP contribution in [-0.2, 0) is 15.9 Å². The number of piperidine rings is 1. The first kappa shape index (κ1) is 18.7. The topological polar surface area (TPSA) is 59.6 Å². The zero-order valence-electron chi connectivity index (χ0n) is 15.5. The lowest BCUT2D eigenvalue weighted by Gasteiger charge is -2.36. The molecule has 2 N–H and O–H groups in total. The van der Waals surface area contributed by atoms with Gasteiger partial charge >= 0.3 is 6.09 Å². The number of hydrogen-bond acceptors (Lipinski definition) is 4. The second-order valence-corrected chi connectivity index (χ2v) is 7.59. The monoisotopic (exact) mass is 334 g/mol. The molecule has 2 rings (SSSR count). The first-order valence-electron chi connectivity index (χ1n) is 8.58. The second kappa shape index (κ2) is 7.53. The Hall–Kier alpha value is -1.59. The van der Waals surface area contributed by atoms with Gasteiger partial charge in [0.15, 0.2) is 0 Å². The number of carbonyl (C=O) groups is 1. The molecule has 0 atom stereocenters. The van der Waals surface area contributed by atoms with E-state index in [0.717, 1.165) is 43.6 Å². The van der Waals surface area contributed by atoms with E-state index in [1.54, 1.807) is 7.11 Å². The minimum Gasteiger partial charge on any atom is -0.444 e. The highest BCUT2D eigenvalue weighted by Gasteiger charge is 2.32. The molecule has 0 spiro atoms. The third kappa shape index (κ3) is 5.21. The van der Waals surface area contributed by atoms with Crippen molar-refractivity contribution in [3.05, 3.63) is 29.3 Å². The van der Waals surface area contributed by atoms with Gasteiger partial charge in [0.2, 0.25) is 0 Å². The summed E-state index contributed by atoms with van der Waals surface area (Å²) in [6, 6.07) is 6.12. The van der Waals surface area contributed by atoms with Crippen LogP contribution in [-0.4, -0.2) is 37.5 Å². The lowest BCUT2D eigenvalue weighted by Crippen LogP contribution is -2.45. The summed E-state index contributed by atoms with van der Waals surface area (Å²) in [5, 5.41) is 6.20. The maximum atomic E-state index is 11.9. The number of hydrogen-bond donors (Lipinski definition) is 2. The van der Waals surface area contributed by atoms with E-state index in [1.165, 1.54) is 5.56 Å². The zero-order chi connectivity index (χ0) is 17.8. The van der Waals surface area contributed by atoms with Crippen LogP contribution in [0.15, 0.2) is 18.2 Å². The van der Waals surface area contributed by atoms with Crippen molar-refractivity contribution in [2.45, 2.75) is 58.2 Å². The Bertz CT molecular complexity index is 572. The zero-order valence-corrected chi connectivity index (χ0v) is 15.5. The van der Waals surface area contributed by atoms with E-state index < -0.39 is 11.7 Å². The van der Waals surface area contributed by atoms with Crippen LogP contribution in [0.2, 0.25) is 0 Å². The van der Waals surface area contributed by atoms with Crippen LogP contribution in [0.25, 0.3) is 0 Å². The average molecular weight is 334 g/mol. The van der Waals surface area contributed by atoms with Crippen LogP contribution in [0.4, 0.5) is 10.5 Å². The third-order valence-electron chi connectivity index (χ3n) is 4.40. The summed E-state index contributed by atoms with van der Waals surface area (Å²) in [4.78, 5) is 11.9. The highest BCUT2D eigenvalue weighted by atomic mass is 16.6. The Kier molecular flexibility index (Phi) is 5.88. The summed E-state index contributed by atoms with van der Waals surface area (Å²) >= 11 is 0. The summed E-state index contributed by atoms with van der Waals surface area (Å²) in [6.45, 7) is 9.54. The molecule has 1 aromatic carbocycles. The van der Waals surface area contributed by atoms with Gasteiger partial charge in [-0.15, -0.1) is 0 Å². The van der Waals surface area contributed by atoms with Crippen LogP contribution in [0.3, 0.4) is 0 Å². The van der Waals surface area contributed by atoms with Crippen LogP contribution < -0.4 is 10.6 Å². The van der Waals surface area contributed by atoms with Crippen molar-refractivity contribution in [2.24, 2.45) is 0 Å². The molecule has 1 heterocycles. The van der Waals surface area contributed by atoms with E-state index >= 15 is 0 Å². The van der Waals surface area contributed by atoms with Crippen LogP contribution in [0, 0.1) is 6.92 Å². The molecular weight excluding hydrogens is 304 g/mol. The maximum Gasteiger partial charge on any atom is 0.412 e. The lowest BCUT2D eigenvalue weighted by atomic mass is 9.85. The Morgan fingerprint density at radius 2 is 1.96 bits per heavy atom. The largest absolute Gasteiger partial charge is 0.444 e. The molecule has 0 radical (unpaired) electrons. The van der Waals surface area contributed by atoms with Crippen LogP contribution in [0.1, 0.15) is 44.7 Å². The molecule has 1 aromatic rings. The van der Waals surface area contributed by atoms with Crippen molar-refractivity contribution in [2.75, 3.05) is 25.5 Å². The standard InChI is InChI=1S/C19H30N2O3/c1-14-12-15(13-19(23-5)8-10-20-11-9-19)6-7-16(14)21-17(22)24-18(2,3)4/h6-7,12,20H,8-11,13H2,1-5H3,(H,21,22). The van der Waals surface area contributed by atoms with Gasteiger partial charge in [-0.1, -0.05) is 12.1 Å². The number of ether oxygens (including phenoxy) is 2. The van der Waals surface area contributed by atoms with E-state index in [-0.39, 0.29) is 5.60 Å². The van der Waals surface area contributed by atoms with Gasteiger partial charge in [-0.2, -0.15) is 0 Å². The minimum atomic E-state index is -0.502. The molecule has 1 saturated heterocycles. The van der Waals surface area contributed by atoms with Crippen molar-refractivity contribution in [3.8, 4) is 0 Å². The fourth-order valence-corrected chi connectivity index (χ4v) is 3.10. The van der Waals surface area contributed by atoms with E-state index in [9.17, 15) is 4.79 Å². The van der Waals surface area contributed by atoms with Crippen LogP contribution in [0.5, 0.6) is 0 Å². The van der Waals surface area contributed by atoms with E-state index in [2.05, 4.69) is 22.8 Å². The number of anilines is 1. The normalized spacial score (nSPS) is 17.4. The number of amides is 1. The van der Waals surface area contributed by atoms with Crippen molar-refractivity contribution in [1.29, 1.82) is 0 Å². The molecule has 1 fully saturated rings. The Morgan fingerprint density at radius 3 is 2.50 bits per heavy atom. The molecule has 0 saturated carbocycles. The molecule has 1 aliphatic rings. The van der Waals surface area contributed by atoms with E-state index in [1.807, 2.05) is 33.8 Å². The third-order valence-corrected chi connectivity index (χ3v) is 4.40. The number of nitrogens with one attached hydrogen (secondary N) is 2. The maximum absolute atomic E-state index is 11.9. The van der Waals surface area contributed by atoms with Gasteiger partial charge in [-0.3, -0.25) is 5.32 Å². The summed E-state index contributed by atoms with van der Waals surface area (Å²) in [6.07, 6.45) is 2.49. The fourth-order valence-electron chi connectivity index (χ4n) is 3.10. The predicted molar refractivity (Wildman–Crippen MR) is 96.6 cm³/mol. The second-order valence-electron chi connectivity index (χ2n) is 7.59. The first-order chi connectivity index (χ1) is 11.2. The minimum absolute atomic E-state index is 0.0855. The smallest absolute Gasteiger partial charge is 0.412 e. The van der Waals surface area contributed by atoms with Crippen molar-refractivity contribution in [3.63, 3.8) is 0 Å². The Morgan fingerprint density at radius 1 is 1.29 bits per heavy atom. The molecule has 1 amide bonds. The molecule has 0 unspecified atom stereocenters. The van der Waals surface area contributed by atoms with E-state index in [0.29, 0.717) is 0 Å². The molecular formula is C19H30N2O3. The molecule has 24 heavy (non-hydrogen) atoms. The lowest BCUT2D eigenvalue weighted by molar-refractivity contribution is -0.0333. The highest BCUT2D eigenvalue weighted by Crippen LogP contribution is 2.28. The average Bonchev–Trinajstić information content (AvgIpc) is 2.49. The van der Waals surface area contributed by atoms with Crippen molar-refractivity contribution in [1.82, 2.24) is 5.32 Å². The summed E-state index contributed by atoms with van der Waals surface area (Å²) < 4.78 is 11.1. The van der Waals surface area contributed by atoms with Gasteiger partial charge in [0.1, 0.15) is 5.60 Å². The quantitative estimate of drug-likeness (QED) is 0.882. The number of carbonyl (C=O) groups excluding carboxylic acids is 1. The summed E-state index contributed by atoms with van der Waals surface area (Å²) in [7, 11) is 1.80. The number of methoxy groups -OCH3 is 1. The van der Waals surface area contributed by atoms with Crippen molar-refractivity contribution < 1.29 is 14.3 Å². The molecule has 5 nitrogen and oxygen atoms in total. The number of aryl methyl sites for hydroxylation is 1. The molecule has 0 aliphatic carbocycles. The summed E-state index contributed by atoms with van der Waals surface area (Å²) in [5.74, 6) is 0. The van der Waals surface area contributed by atoms with Gasteiger partial charge in [0, 0.05) is 19.2 Å². The van der Waals surface area contributed by atoms with Crippen LogP contribution >= 0.6 is 0 Å². The number of benzene rings is 1. The fraction of sp³-hybridized carbons (Fsp3) is 0.632. The Balaban J connectivity index is 2.05. The van der Waals surface area contributed by atoms with E-state index in [4.69, 9.17) is 9.47 Å². The van der Waals surface area contributed by atoms with Gasteiger partial charge in [0.25, 0.3) is 0 Å². The predicted octanol–water partition coefficient (Wildman–Crippen LogP) is 3.65. The molecule has 0 bridgehead atoms. The molecule has 1 aliphatic heterocycles. The Labute approximate surface area is 145 Å². The molecule has 134 valence electrons. The summed E-state index contributed by atoms with van der Waals surface area (Å²) in [5.41, 5.74) is 2.45. The van der Waals surface area contributed by atoms with Gasteiger partial charge < -0.3 is 14.8 Å².